The second-order valence-corrected chi connectivity index (χ2v) is 25.7. The molecule has 436 valence electrons. The van der Waals surface area contributed by atoms with Crippen LogP contribution in [-0.4, -0.2) is 233 Å². The van der Waals surface area contributed by atoms with E-state index in [2.05, 4.69) is 40.7 Å². The van der Waals surface area contributed by atoms with Gasteiger partial charge in [0.15, 0.2) is 18.9 Å². The Kier molecular flexibility index (Phi) is 16.8. The Morgan fingerprint density at radius 1 is 0.579 bits per heavy atom. The predicted octanol–water partition coefficient (Wildman–Crippen LogP) is -2.42. The summed E-state index contributed by atoms with van der Waals surface area (Å²) in [6.45, 7) is 10.4. The summed E-state index contributed by atoms with van der Waals surface area (Å²) in [7, 11) is 0. The van der Waals surface area contributed by atoms with Crippen molar-refractivity contribution >= 4 is 5.97 Å². The number of carbonyl (C=O) groups excluding carboxylic acids is 1. The van der Waals surface area contributed by atoms with Crippen molar-refractivity contribution in [1.82, 2.24) is 0 Å². The van der Waals surface area contributed by atoms with E-state index in [0.717, 1.165) is 12.8 Å². The maximum atomic E-state index is 14.8. The molecule has 0 aromatic rings. The van der Waals surface area contributed by atoms with Crippen LogP contribution < -0.4 is 0 Å². The fourth-order valence-corrected chi connectivity index (χ4v) is 16.2. The van der Waals surface area contributed by atoms with E-state index in [1.807, 2.05) is 6.92 Å². The summed E-state index contributed by atoms with van der Waals surface area (Å²) in [4.78, 5) is 14.8. The van der Waals surface area contributed by atoms with Crippen LogP contribution in [0.5, 0.6) is 0 Å². The highest BCUT2D eigenvalue weighted by molar-refractivity contribution is 5.79. The fourth-order valence-electron chi connectivity index (χ4n) is 16.2. The summed E-state index contributed by atoms with van der Waals surface area (Å²) in [5.74, 6) is -0.790. The van der Waals surface area contributed by atoms with Gasteiger partial charge in [0.1, 0.15) is 91.6 Å². The van der Waals surface area contributed by atoms with Crippen molar-refractivity contribution in [3.63, 3.8) is 0 Å². The second kappa shape index (κ2) is 21.6. The normalized spacial score (nSPS) is 54.3. The highest BCUT2D eigenvalue weighted by Crippen LogP contribution is 2.76. The Morgan fingerprint density at radius 3 is 1.66 bits per heavy atom. The summed E-state index contributed by atoms with van der Waals surface area (Å²) in [6, 6.07) is 0. The highest BCUT2D eigenvalue weighted by Gasteiger charge is 2.71. The van der Waals surface area contributed by atoms with Crippen molar-refractivity contribution in [3.05, 3.63) is 11.6 Å². The third kappa shape index (κ3) is 9.46. The van der Waals surface area contributed by atoms with Gasteiger partial charge in [0, 0.05) is 5.41 Å². The van der Waals surface area contributed by atoms with Gasteiger partial charge in [-0.2, -0.15) is 0 Å². The number of rotatable bonds is 12. The van der Waals surface area contributed by atoms with Gasteiger partial charge in [-0.15, -0.1) is 0 Å². The first-order valence-corrected chi connectivity index (χ1v) is 27.4. The number of allylic oxidation sites excluding steroid dienone is 2. The van der Waals surface area contributed by atoms with Crippen LogP contribution in [-0.2, 0) is 42.7 Å². The van der Waals surface area contributed by atoms with Gasteiger partial charge >= 0.3 is 5.97 Å². The maximum absolute atomic E-state index is 14.8. The molecule has 8 fully saturated rings. The minimum absolute atomic E-state index is 0.101. The molecule has 28 atom stereocenters. The van der Waals surface area contributed by atoms with Crippen LogP contribution in [0.25, 0.3) is 0 Å². The smallest absolute Gasteiger partial charge is 0.315 e. The molecule has 0 aromatic heterocycles. The van der Waals surface area contributed by atoms with Gasteiger partial charge in [0.05, 0.1) is 44.6 Å². The monoisotopic (exact) mass is 1090 g/mol. The van der Waals surface area contributed by atoms with Crippen molar-refractivity contribution in [2.45, 2.75) is 229 Å². The second-order valence-electron chi connectivity index (χ2n) is 25.7. The molecule has 0 aromatic carbocycles. The van der Waals surface area contributed by atoms with E-state index in [4.69, 9.17) is 37.9 Å². The van der Waals surface area contributed by atoms with Crippen LogP contribution in [0.4, 0.5) is 0 Å². The van der Waals surface area contributed by atoms with Gasteiger partial charge in [0.25, 0.3) is 0 Å². The van der Waals surface area contributed by atoms with E-state index in [1.54, 1.807) is 0 Å². The van der Waals surface area contributed by atoms with Gasteiger partial charge < -0.3 is 109 Å². The molecule has 9 unspecified atom stereocenters. The molecular weight excluding hydrogens is 1000 g/mol. The van der Waals surface area contributed by atoms with Crippen molar-refractivity contribution in [2.75, 3.05) is 33.0 Å². The molecule has 9 rings (SSSR count). The molecule has 5 aliphatic carbocycles. The quantitative estimate of drug-likeness (QED) is 0.0549. The third-order valence-electron chi connectivity index (χ3n) is 21.2. The Balaban J connectivity index is 0.990. The Morgan fingerprint density at radius 2 is 1.11 bits per heavy atom. The molecule has 0 spiro atoms. The molecule has 0 radical (unpaired) electrons. The van der Waals surface area contributed by atoms with Crippen LogP contribution >= 0.6 is 0 Å². The SMILES string of the molecule is CC1(C)CCC2(C(=O)O[C@@H]3O[C@H](CO)[C@@H](O)[C@H](O)[C@H]3O)CCC3(C)C(=CCC4C5(C)CCC(O[C@@H]6OC[C@@H](O)[C@H](O[C@@H]7O[C@H](CO)[C@@H](O)[C@H](O)[C@H]7O)[C@H]6O[C@@H]6O[C@H](CO)[C@@H](O)[C@H](O)[C@H]6O)C(C)(CO)C5CCC43C)C2C1. The number of aliphatic hydroxyl groups is 14. The molecular formula is C53H86O23. The number of carbonyl (C=O) groups is 1. The number of hydrogen-bond acceptors (Lipinski definition) is 23. The molecule has 4 aliphatic heterocycles. The minimum Gasteiger partial charge on any atom is -0.432 e. The molecule has 4 saturated carbocycles. The van der Waals surface area contributed by atoms with Gasteiger partial charge in [-0.05, 0) is 104 Å². The summed E-state index contributed by atoms with van der Waals surface area (Å²) in [5, 5.41) is 149. The van der Waals surface area contributed by atoms with Crippen LogP contribution in [0.2, 0.25) is 0 Å². The zero-order valence-electron chi connectivity index (χ0n) is 44.4. The Labute approximate surface area is 442 Å². The van der Waals surface area contributed by atoms with Gasteiger partial charge in [-0.25, -0.2) is 0 Å². The summed E-state index contributed by atoms with van der Waals surface area (Å²) >= 11 is 0. The van der Waals surface area contributed by atoms with E-state index in [0.29, 0.717) is 51.4 Å². The van der Waals surface area contributed by atoms with Crippen LogP contribution in [0.15, 0.2) is 11.6 Å². The minimum atomic E-state index is -1.91. The molecule has 9 aliphatic rings. The van der Waals surface area contributed by atoms with Crippen LogP contribution in [0, 0.1) is 50.2 Å². The van der Waals surface area contributed by atoms with Crippen molar-refractivity contribution in [3.8, 4) is 0 Å². The first-order valence-electron chi connectivity index (χ1n) is 27.4. The van der Waals surface area contributed by atoms with Crippen molar-refractivity contribution < 1.29 is 114 Å². The first kappa shape index (κ1) is 59.0. The molecule has 23 nitrogen and oxygen atoms in total. The lowest BCUT2D eigenvalue weighted by molar-refractivity contribution is -0.390. The zero-order chi connectivity index (χ0) is 55.4. The Bertz CT molecular complexity index is 2080. The Hall–Kier alpha value is -1.63. The van der Waals surface area contributed by atoms with Gasteiger partial charge in [-0.3, -0.25) is 4.79 Å². The van der Waals surface area contributed by atoms with Crippen LogP contribution in [0.3, 0.4) is 0 Å². The molecule has 76 heavy (non-hydrogen) atoms. The van der Waals surface area contributed by atoms with E-state index in [9.17, 15) is 76.3 Å². The highest BCUT2D eigenvalue weighted by atomic mass is 16.8. The van der Waals surface area contributed by atoms with Crippen molar-refractivity contribution in [1.29, 1.82) is 0 Å². The summed E-state index contributed by atoms with van der Waals surface area (Å²) in [5.41, 5.74) is -1.85. The maximum Gasteiger partial charge on any atom is 0.315 e. The molecule has 4 saturated heterocycles. The predicted molar refractivity (Wildman–Crippen MR) is 258 cm³/mol. The number of fused-ring (bicyclic) bond motifs is 7. The van der Waals surface area contributed by atoms with E-state index >= 15 is 0 Å². The number of aliphatic hydroxyl groups excluding tert-OH is 14. The third-order valence-corrected chi connectivity index (χ3v) is 21.2. The van der Waals surface area contributed by atoms with Gasteiger partial charge in [0.2, 0.25) is 6.29 Å². The molecule has 0 bridgehead atoms. The van der Waals surface area contributed by atoms with E-state index < -0.39 is 166 Å². The molecule has 4 heterocycles. The average molecular weight is 1090 g/mol. The zero-order valence-corrected chi connectivity index (χ0v) is 44.4. The largest absolute Gasteiger partial charge is 0.432 e. The molecule has 23 heteroatoms. The summed E-state index contributed by atoms with van der Waals surface area (Å²) in [6.07, 6.45) is -23.5. The number of hydrogen-bond donors (Lipinski definition) is 14. The van der Waals surface area contributed by atoms with Crippen molar-refractivity contribution in [2.24, 2.45) is 50.2 Å². The average Bonchev–Trinajstić information content (AvgIpc) is 3.39. The fraction of sp³-hybridized carbons (Fsp3) is 0.943. The van der Waals surface area contributed by atoms with E-state index in [-0.39, 0.29) is 46.0 Å². The molecule has 0 amide bonds. The van der Waals surface area contributed by atoms with Gasteiger partial charge in [-0.1, -0.05) is 53.2 Å². The van der Waals surface area contributed by atoms with Crippen LogP contribution in [0.1, 0.15) is 106 Å². The lowest BCUT2D eigenvalue weighted by atomic mass is 9.33. The number of esters is 1. The lowest BCUT2D eigenvalue weighted by Crippen LogP contribution is -2.67. The molecule has 14 N–H and O–H groups in total. The summed E-state index contributed by atoms with van der Waals surface area (Å²) < 4.78 is 48.5. The standard InChI is InChI=1S/C53H86O23/c1-48(2)13-15-53(47(68)76-45-40(67)37(64)34(61)28(20-56)72-45)16-14-51(5)23(24(53)17-48)7-8-30-49(3)11-10-31(50(4,22-57)29(49)9-12-52(30,51)6)73-46-42(75-44-39(66)36(63)33(60)27(19-55)71-44)41(25(58)21-69-46)74-43-38(65)35(62)32(59)26(18-54)70-43/h7,24-46,54-67H,8-22H2,1-6H3/t24?,25-,26-,27-,28-,29?,30?,31?,32-,33-,34-,35+,36+,37+,38-,39-,40-,41+,42-,43+,44+,45+,46+,49?,50?,51?,52?,53?/m1/s1. The topological polar surface area (TPSA) is 374 Å². The van der Waals surface area contributed by atoms with E-state index in [1.165, 1.54) is 5.57 Å². The number of ether oxygens (including phenoxy) is 8. The first-order chi connectivity index (χ1) is 35.7. The lowest BCUT2D eigenvalue weighted by Gasteiger charge is -2.71.